The molecule has 1 aromatic heterocycles. The van der Waals surface area contributed by atoms with Gasteiger partial charge in [-0.15, -0.1) is 0 Å². The molecule has 0 aliphatic heterocycles. The third-order valence-electron chi connectivity index (χ3n) is 2.30. The molecule has 0 aliphatic rings. The maximum absolute atomic E-state index is 11.8. The van der Waals surface area contributed by atoms with Crippen LogP contribution in [0.4, 0.5) is 5.95 Å². The van der Waals surface area contributed by atoms with Crippen LogP contribution in [0.5, 0.6) is 0 Å². The van der Waals surface area contributed by atoms with Gasteiger partial charge in [-0.3, -0.25) is 4.79 Å². The van der Waals surface area contributed by atoms with Crippen molar-refractivity contribution >= 4 is 35.1 Å². The molecule has 3 N–H and O–H groups in total. The molecule has 1 rings (SSSR count). The lowest BCUT2D eigenvalue weighted by molar-refractivity contribution is -0.131. The predicted octanol–water partition coefficient (Wildman–Crippen LogP) is -0.206. The van der Waals surface area contributed by atoms with E-state index in [0.717, 1.165) is 0 Å². The molecule has 0 fully saturated rings. The van der Waals surface area contributed by atoms with Crippen LogP contribution in [-0.2, 0) is 4.79 Å². The van der Waals surface area contributed by atoms with Crippen molar-refractivity contribution in [3.63, 3.8) is 0 Å². The number of halogens is 2. The van der Waals surface area contributed by atoms with Crippen LogP contribution >= 0.6 is 23.2 Å². The van der Waals surface area contributed by atoms with Gasteiger partial charge in [-0.05, 0) is 23.2 Å². The quantitative estimate of drug-likeness (QED) is 0.607. The van der Waals surface area contributed by atoms with Crippen molar-refractivity contribution in [2.75, 3.05) is 38.2 Å². The van der Waals surface area contributed by atoms with E-state index >= 15 is 0 Å². The molecule has 0 saturated heterocycles. The minimum atomic E-state index is -0.202. The van der Waals surface area contributed by atoms with E-state index in [-0.39, 0.29) is 61.7 Å². The lowest BCUT2D eigenvalue weighted by Crippen LogP contribution is -2.36. The molecule has 0 aliphatic carbocycles. The molecule has 0 aromatic carbocycles. The van der Waals surface area contributed by atoms with Crippen molar-refractivity contribution in [1.29, 1.82) is 0 Å². The Balaban J connectivity index is 2.44. The van der Waals surface area contributed by atoms with E-state index in [1.54, 1.807) is 0 Å². The van der Waals surface area contributed by atoms with Gasteiger partial charge in [0.15, 0.2) is 0 Å². The lowest BCUT2D eigenvalue weighted by atomic mass is 10.3. The number of rotatable bonds is 8. The van der Waals surface area contributed by atoms with Gasteiger partial charge in [-0.25, -0.2) is 0 Å². The summed E-state index contributed by atoms with van der Waals surface area (Å²) in [4.78, 5) is 24.4. The lowest BCUT2D eigenvalue weighted by Gasteiger charge is -2.20. The molecule has 0 saturated carbocycles. The van der Waals surface area contributed by atoms with Crippen LogP contribution < -0.4 is 5.32 Å². The summed E-state index contributed by atoms with van der Waals surface area (Å²) in [5.74, 6) is -0.0227. The summed E-state index contributed by atoms with van der Waals surface area (Å²) in [6.45, 7) is 0.324. The van der Waals surface area contributed by atoms with Crippen LogP contribution in [0.1, 0.15) is 6.42 Å². The molecular weight excluding hydrogens is 309 g/mol. The number of anilines is 1. The Bertz CT molecular complexity index is 423. The number of amides is 1. The Morgan fingerprint density at radius 3 is 2.15 bits per heavy atom. The molecular formula is C10H15Cl2N5O3. The molecule has 20 heavy (non-hydrogen) atoms. The van der Waals surface area contributed by atoms with Gasteiger partial charge in [0, 0.05) is 26.1 Å². The summed E-state index contributed by atoms with van der Waals surface area (Å²) in [7, 11) is 0. The molecule has 112 valence electrons. The fourth-order valence-electron chi connectivity index (χ4n) is 1.45. The van der Waals surface area contributed by atoms with E-state index in [2.05, 4.69) is 20.3 Å². The first kappa shape index (κ1) is 16.8. The maximum Gasteiger partial charge on any atom is 0.228 e. The van der Waals surface area contributed by atoms with Crippen molar-refractivity contribution in [2.24, 2.45) is 0 Å². The van der Waals surface area contributed by atoms with Crippen LogP contribution in [0.15, 0.2) is 0 Å². The molecule has 0 radical (unpaired) electrons. The SMILES string of the molecule is O=C(CCNc1nc(Cl)nc(Cl)n1)N(CCO)CCO. The Morgan fingerprint density at radius 1 is 1.10 bits per heavy atom. The predicted molar refractivity (Wildman–Crippen MR) is 73.7 cm³/mol. The van der Waals surface area contributed by atoms with E-state index in [1.807, 2.05) is 0 Å². The molecule has 0 unspecified atom stereocenters. The van der Waals surface area contributed by atoms with Gasteiger partial charge in [-0.1, -0.05) is 0 Å². The van der Waals surface area contributed by atoms with Crippen LogP contribution in [-0.4, -0.2) is 68.8 Å². The number of carbonyl (C=O) groups excluding carboxylic acids is 1. The number of hydrogen-bond acceptors (Lipinski definition) is 7. The number of hydrogen-bond donors (Lipinski definition) is 3. The summed E-state index contributed by atoms with van der Waals surface area (Å²) in [5, 5.41) is 20.4. The Morgan fingerprint density at radius 2 is 1.65 bits per heavy atom. The Hall–Kier alpha value is -1.22. The molecule has 0 atom stereocenters. The zero-order valence-corrected chi connectivity index (χ0v) is 12.1. The molecule has 1 aromatic rings. The monoisotopic (exact) mass is 323 g/mol. The van der Waals surface area contributed by atoms with Gasteiger partial charge < -0.3 is 20.4 Å². The highest BCUT2D eigenvalue weighted by molar-refractivity contribution is 6.31. The van der Waals surface area contributed by atoms with E-state index in [1.165, 1.54) is 4.90 Å². The second-order valence-corrected chi connectivity index (χ2v) is 4.38. The smallest absolute Gasteiger partial charge is 0.228 e. The number of nitrogens with one attached hydrogen (secondary N) is 1. The van der Waals surface area contributed by atoms with E-state index in [0.29, 0.717) is 0 Å². The fourth-order valence-corrected chi connectivity index (χ4v) is 1.81. The maximum atomic E-state index is 11.8. The second kappa shape index (κ2) is 8.85. The van der Waals surface area contributed by atoms with Crippen molar-refractivity contribution in [1.82, 2.24) is 19.9 Å². The number of aromatic nitrogens is 3. The first-order valence-electron chi connectivity index (χ1n) is 5.87. The van der Waals surface area contributed by atoms with Crippen molar-refractivity contribution in [3.8, 4) is 0 Å². The van der Waals surface area contributed by atoms with Gasteiger partial charge in [0.1, 0.15) is 0 Å². The number of aliphatic hydroxyl groups excluding tert-OH is 2. The molecule has 1 amide bonds. The number of nitrogens with zero attached hydrogens (tertiary/aromatic N) is 4. The first-order valence-corrected chi connectivity index (χ1v) is 6.63. The summed E-state index contributed by atoms with van der Waals surface area (Å²) in [6.07, 6.45) is 0.154. The highest BCUT2D eigenvalue weighted by Gasteiger charge is 2.12. The normalized spacial score (nSPS) is 10.4. The van der Waals surface area contributed by atoms with Crippen molar-refractivity contribution < 1.29 is 15.0 Å². The molecule has 0 spiro atoms. The van der Waals surface area contributed by atoms with Crippen LogP contribution in [0.2, 0.25) is 10.6 Å². The van der Waals surface area contributed by atoms with Gasteiger partial charge >= 0.3 is 0 Å². The Labute approximate surface area is 125 Å². The van der Waals surface area contributed by atoms with Gasteiger partial charge in [0.2, 0.25) is 22.4 Å². The molecule has 10 heteroatoms. The van der Waals surface area contributed by atoms with Crippen LogP contribution in [0, 0.1) is 0 Å². The van der Waals surface area contributed by atoms with E-state index in [9.17, 15) is 4.79 Å². The standard InChI is InChI=1S/C10H15Cl2N5O3/c11-8-14-9(12)16-10(15-8)13-2-1-7(20)17(3-5-18)4-6-19/h18-19H,1-6H2,(H,13,14,15,16). The topological polar surface area (TPSA) is 111 Å². The Kier molecular flexibility index (Phi) is 7.45. The minimum Gasteiger partial charge on any atom is -0.395 e. The molecule has 8 nitrogen and oxygen atoms in total. The van der Waals surface area contributed by atoms with Crippen molar-refractivity contribution in [3.05, 3.63) is 10.6 Å². The highest BCUT2D eigenvalue weighted by atomic mass is 35.5. The van der Waals surface area contributed by atoms with E-state index in [4.69, 9.17) is 33.4 Å². The van der Waals surface area contributed by atoms with Gasteiger partial charge in [0.05, 0.1) is 13.2 Å². The first-order chi connectivity index (χ1) is 9.56. The average Bonchev–Trinajstić information content (AvgIpc) is 2.37. The third-order valence-corrected chi connectivity index (χ3v) is 2.63. The summed E-state index contributed by atoms with van der Waals surface area (Å²) >= 11 is 11.2. The number of carbonyl (C=O) groups is 1. The molecule has 1 heterocycles. The highest BCUT2D eigenvalue weighted by Crippen LogP contribution is 2.09. The minimum absolute atomic E-state index is 0.0407. The van der Waals surface area contributed by atoms with E-state index < -0.39 is 0 Å². The van der Waals surface area contributed by atoms with Crippen LogP contribution in [0.3, 0.4) is 0 Å². The van der Waals surface area contributed by atoms with Crippen LogP contribution in [0.25, 0.3) is 0 Å². The second-order valence-electron chi connectivity index (χ2n) is 3.70. The summed E-state index contributed by atoms with van der Waals surface area (Å²) in [5.41, 5.74) is 0. The number of aliphatic hydroxyl groups is 2. The molecule has 0 bridgehead atoms. The van der Waals surface area contributed by atoms with Crippen molar-refractivity contribution in [2.45, 2.75) is 6.42 Å². The zero-order valence-electron chi connectivity index (χ0n) is 10.6. The average molecular weight is 324 g/mol. The third kappa shape index (κ3) is 5.83. The zero-order chi connectivity index (χ0) is 15.0. The summed E-state index contributed by atoms with van der Waals surface area (Å²) < 4.78 is 0. The largest absolute Gasteiger partial charge is 0.395 e. The van der Waals surface area contributed by atoms with Gasteiger partial charge in [0.25, 0.3) is 0 Å². The van der Waals surface area contributed by atoms with Gasteiger partial charge in [-0.2, -0.15) is 15.0 Å². The fraction of sp³-hybridized carbons (Fsp3) is 0.600. The summed E-state index contributed by atoms with van der Waals surface area (Å²) in [6, 6.07) is 0.